The van der Waals surface area contributed by atoms with Crippen molar-refractivity contribution in [2.24, 2.45) is 0 Å². The number of fused-ring (bicyclic) bond motifs is 1. The third-order valence-corrected chi connectivity index (χ3v) is 3.93. The lowest BCUT2D eigenvalue weighted by atomic mass is 9.99. The SMILES string of the molecule is Nc1cncc(Br)c1N1CCc2ccccc2C1. The minimum absolute atomic E-state index is 0.726. The molecule has 0 atom stereocenters. The minimum Gasteiger partial charge on any atom is -0.396 e. The highest BCUT2D eigenvalue weighted by atomic mass is 79.9. The molecule has 3 rings (SSSR count). The summed E-state index contributed by atoms with van der Waals surface area (Å²) in [7, 11) is 0. The van der Waals surface area contributed by atoms with Crippen LogP contribution in [0.2, 0.25) is 0 Å². The predicted molar refractivity (Wildman–Crippen MR) is 77.5 cm³/mol. The van der Waals surface area contributed by atoms with Gasteiger partial charge in [-0.3, -0.25) is 4.98 Å². The maximum atomic E-state index is 6.04. The molecule has 0 fully saturated rings. The highest BCUT2D eigenvalue weighted by molar-refractivity contribution is 9.10. The number of nitrogens with zero attached hydrogens (tertiary/aromatic N) is 2. The summed E-state index contributed by atoms with van der Waals surface area (Å²) in [5.74, 6) is 0. The molecule has 0 unspecified atom stereocenters. The van der Waals surface area contributed by atoms with E-state index in [4.69, 9.17) is 5.73 Å². The van der Waals surface area contributed by atoms with Crippen LogP contribution in [-0.4, -0.2) is 11.5 Å². The van der Waals surface area contributed by atoms with Crippen LogP contribution in [0.15, 0.2) is 41.1 Å². The van der Waals surface area contributed by atoms with Crippen molar-refractivity contribution in [3.8, 4) is 0 Å². The summed E-state index contributed by atoms with van der Waals surface area (Å²) >= 11 is 3.54. The molecule has 2 aromatic rings. The second kappa shape index (κ2) is 4.61. The van der Waals surface area contributed by atoms with Crippen molar-refractivity contribution in [3.05, 3.63) is 52.3 Å². The number of pyridine rings is 1. The second-order valence-corrected chi connectivity index (χ2v) is 5.35. The Kier molecular flexibility index (Phi) is 2.96. The van der Waals surface area contributed by atoms with Gasteiger partial charge < -0.3 is 10.6 Å². The molecular formula is C14H14BrN3. The number of anilines is 2. The lowest BCUT2D eigenvalue weighted by Crippen LogP contribution is -2.31. The zero-order valence-electron chi connectivity index (χ0n) is 9.94. The van der Waals surface area contributed by atoms with Crippen LogP contribution in [-0.2, 0) is 13.0 Å². The van der Waals surface area contributed by atoms with Crippen molar-refractivity contribution in [2.45, 2.75) is 13.0 Å². The maximum absolute atomic E-state index is 6.04. The Morgan fingerprint density at radius 3 is 2.72 bits per heavy atom. The average Bonchev–Trinajstić information content (AvgIpc) is 2.38. The summed E-state index contributed by atoms with van der Waals surface area (Å²) in [5, 5.41) is 0. The molecule has 0 saturated carbocycles. The van der Waals surface area contributed by atoms with E-state index in [1.54, 1.807) is 12.4 Å². The molecule has 2 N–H and O–H groups in total. The first-order valence-corrected chi connectivity index (χ1v) is 6.75. The summed E-state index contributed by atoms with van der Waals surface area (Å²) in [4.78, 5) is 6.39. The third-order valence-electron chi connectivity index (χ3n) is 3.35. The van der Waals surface area contributed by atoms with Gasteiger partial charge in [0.15, 0.2) is 0 Å². The molecule has 1 aliphatic heterocycles. The largest absolute Gasteiger partial charge is 0.396 e. The summed E-state index contributed by atoms with van der Waals surface area (Å²) < 4.78 is 0.960. The standard InChI is InChI=1S/C14H14BrN3/c15-12-7-17-8-13(16)14(12)18-6-5-10-3-1-2-4-11(10)9-18/h1-4,7-8H,5-6,9,16H2. The molecule has 1 aromatic carbocycles. The number of hydrogen-bond donors (Lipinski definition) is 1. The molecule has 0 radical (unpaired) electrons. The number of nitrogen functional groups attached to an aromatic ring is 1. The van der Waals surface area contributed by atoms with E-state index in [2.05, 4.69) is 50.1 Å². The number of nitrogens with two attached hydrogens (primary N) is 1. The van der Waals surface area contributed by atoms with Crippen LogP contribution in [0.1, 0.15) is 11.1 Å². The van der Waals surface area contributed by atoms with Crippen LogP contribution < -0.4 is 10.6 Å². The number of halogens is 1. The van der Waals surface area contributed by atoms with E-state index in [1.807, 2.05) is 0 Å². The van der Waals surface area contributed by atoms with E-state index in [0.29, 0.717) is 0 Å². The Labute approximate surface area is 115 Å². The summed E-state index contributed by atoms with van der Waals surface area (Å²) in [6.45, 7) is 1.90. The smallest absolute Gasteiger partial charge is 0.0779 e. The molecule has 0 saturated heterocycles. The van der Waals surface area contributed by atoms with Crippen molar-refractivity contribution in [2.75, 3.05) is 17.2 Å². The number of aromatic nitrogens is 1. The van der Waals surface area contributed by atoms with Gasteiger partial charge in [0, 0.05) is 19.3 Å². The molecule has 18 heavy (non-hydrogen) atoms. The first kappa shape index (κ1) is 11.5. The van der Waals surface area contributed by atoms with E-state index in [1.165, 1.54) is 11.1 Å². The van der Waals surface area contributed by atoms with Gasteiger partial charge in [-0.1, -0.05) is 24.3 Å². The molecular weight excluding hydrogens is 290 g/mol. The van der Waals surface area contributed by atoms with Crippen LogP contribution in [0.3, 0.4) is 0 Å². The van der Waals surface area contributed by atoms with Gasteiger partial charge in [0.25, 0.3) is 0 Å². The van der Waals surface area contributed by atoms with E-state index in [9.17, 15) is 0 Å². The fourth-order valence-corrected chi connectivity index (χ4v) is 3.06. The number of rotatable bonds is 1. The normalized spacial score (nSPS) is 14.4. The highest BCUT2D eigenvalue weighted by Crippen LogP contribution is 2.34. The number of benzene rings is 1. The Hall–Kier alpha value is -1.55. The van der Waals surface area contributed by atoms with Crippen LogP contribution in [0.5, 0.6) is 0 Å². The van der Waals surface area contributed by atoms with Gasteiger partial charge in [-0.05, 0) is 33.5 Å². The van der Waals surface area contributed by atoms with Gasteiger partial charge in [0.1, 0.15) is 0 Å². The lowest BCUT2D eigenvalue weighted by molar-refractivity contribution is 0.730. The van der Waals surface area contributed by atoms with Crippen molar-refractivity contribution in [3.63, 3.8) is 0 Å². The van der Waals surface area contributed by atoms with Crippen LogP contribution in [0.25, 0.3) is 0 Å². The highest BCUT2D eigenvalue weighted by Gasteiger charge is 2.19. The third kappa shape index (κ3) is 1.97. The van der Waals surface area contributed by atoms with Crippen LogP contribution >= 0.6 is 15.9 Å². The molecule has 0 bridgehead atoms. The monoisotopic (exact) mass is 303 g/mol. The molecule has 2 heterocycles. The van der Waals surface area contributed by atoms with Crippen molar-refractivity contribution >= 4 is 27.3 Å². The molecule has 4 heteroatoms. The maximum Gasteiger partial charge on any atom is 0.0779 e. The van der Waals surface area contributed by atoms with Crippen molar-refractivity contribution in [1.29, 1.82) is 0 Å². The Bertz CT molecular complexity index is 563. The molecule has 0 aliphatic carbocycles. The predicted octanol–water partition coefficient (Wildman–Crippen LogP) is 2.99. The first-order chi connectivity index (χ1) is 8.75. The molecule has 1 aliphatic rings. The Morgan fingerprint density at radius 1 is 1.17 bits per heavy atom. The zero-order valence-corrected chi connectivity index (χ0v) is 11.5. The number of hydrogen-bond acceptors (Lipinski definition) is 3. The second-order valence-electron chi connectivity index (χ2n) is 4.50. The molecule has 0 amide bonds. The first-order valence-electron chi connectivity index (χ1n) is 5.96. The fourth-order valence-electron chi connectivity index (χ4n) is 2.46. The average molecular weight is 304 g/mol. The van der Waals surface area contributed by atoms with Crippen LogP contribution in [0, 0.1) is 0 Å². The zero-order chi connectivity index (χ0) is 12.5. The summed E-state index contributed by atoms with van der Waals surface area (Å²) in [6.07, 6.45) is 4.57. The van der Waals surface area contributed by atoms with E-state index < -0.39 is 0 Å². The van der Waals surface area contributed by atoms with E-state index in [0.717, 1.165) is 35.4 Å². The summed E-state index contributed by atoms with van der Waals surface area (Å²) in [6, 6.07) is 8.59. The van der Waals surface area contributed by atoms with E-state index in [-0.39, 0.29) is 0 Å². The van der Waals surface area contributed by atoms with Crippen LogP contribution in [0.4, 0.5) is 11.4 Å². The molecule has 92 valence electrons. The molecule has 0 spiro atoms. The van der Waals surface area contributed by atoms with Gasteiger partial charge in [0.2, 0.25) is 0 Å². The van der Waals surface area contributed by atoms with E-state index >= 15 is 0 Å². The van der Waals surface area contributed by atoms with Crippen molar-refractivity contribution in [1.82, 2.24) is 4.98 Å². The van der Waals surface area contributed by atoms with Gasteiger partial charge >= 0.3 is 0 Å². The molecule has 1 aromatic heterocycles. The Morgan fingerprint density at radius 2 is 1.94 bits per heavy atom. The fraction of sp³-hybridized carbons (Fsp3) is 0.214. The Balaban J connectivity index is 1.97. The van der Waals surface area contributed by atoms with Crippen molar-refractivity contribution < 1.29 is 0 Å². The lowest BCUT2D eigenvalue weighted by Gasteiger charge is -2.32. The molecule has 3 nitrogen and oxygen atoms in total. The van der Waals surface area contributed by atoms with Gasteiger partial charge in [0.05, 0.1) is 22.0 Å². The summed E-state index contributed by atoms with van der Waals surface area (Å²) in [5.41, 5.74) is 10.6. The minimum atomic E-state index is 0.726. The van der Waals surface area contributed by atoms with Gasteiger partial charge in [-0.15, -0.1) is 0 Å². The van der Waals surface area contributed by atoms with Gasteiger partial charge in [-0.2, -0.15) is 0 Å². The topological polar surface area (TPSA) is 42.1 Å². The quantitative estimate of drug-likeness (QED) is 0.880. The van der Waals surface area contributed by atoms with Gasteiger partial charge in [-0.25, -0.2) is 0 Å².